The van der Waals surface area contributed by atoms with Gasteiger partial charge in [-0.2, -0.15) is 0 Å². The zero-order chi connectivity index (χ0) is 16.9. The average Bonchev–Trinajstić information content (AvgIpc) is 2.59. The number of benzene rings is 1. The average molecular weight is 339 g/mol. The van der Waals surface area contributed by atoms with E-state index in [4.69, 9.17) is 0 Å². The minimum absolute atomic E-state index is 0.168. The summed E-state index contributed by atoms with van der Waals surface area (Å²) in [7, 11) is -3.66. The smallest absolute Gasteiger partial charge is 0.241 e. The Morgan fingerprint density at radius 1 is 1.13 bits per heavy atom. The van der Waals surface area contributed by atoms with Crippen LogP contribution in [-0.4, -0.2) is 63.4 Å². The number of rotatable bonds is 6. The topological polar surface area (TPSA) is 69.7 Å². The third-order valence-corrected chi connectivity index (χ3v) is 5.73. The Kier molecular flexibility index (Phi) is 6.15. The number of nitrogens with one attached hydrogen (secondary N) is 1. The van der Waals surface area contributed by atoms with Crippen LogP contribution in [0.2, 0.25) is 0 Å². The van der Waals surface area contributed by atoms with Gasteiger partial charge in [0.05, 0.1) is 11.4 Å². The molecule has 1 aromatic carbocycles. The van der Waals surface area contributed by atoms with Gasteiger partial charge in [0.1, 0.15) is 0 Å². The summed E-state index contributed by atoms with van der Waals surface area (Å²) in [5.74, 6) is -0.168. The van der Waals surface area contributed by atoms with Crippen molar-refractivity contribution in [2.75, 3.05) is 39.3 Å². The molecule has 0 spiro atoms. The molecule has 6 nitrogen and oxygen atoms in total. The lowest BCUT2D eigenvalue weighted by Crippen LogP contribution is -2.51. The van der Waals surface area contributed by atoms with Crippen LogP contribution in [-0.2, 0) is 21.2 Å². The standard InChI is InChI=1S/C16H25N3O3S/c1-3-14-7-5-6-8-15(14)23(21,22)17-13-16(20)19-11-9-18(4-2)10-12-19/h5-8,17H,3-4,9-13H2,1-2H3. The van der Waals surface area contributed by atoms with E-state index in [0.29, 0.717) is 19.5 Å². The maximum Gasteiger partial charge on any atom is 0.241 e. The molecule has 7 heteroatoms. The van der Waals surface area contributed by atoms with Crippen LogP contribution in [0, 0.1) is 0 Å². The molecule has 1 saturated heterocycles. The summed E-state index contributed by atoms with van der Waals surface area (Å²) in [6, 6.07) is 6.88. The zero-order valence-corrected chi connectivity index (χ0v) is 14.6. The SMILES string of the molecule is CCc1ccccc1S(=O)(=O)NCC(=O)N1CCN(CC)CC1. The Labute approximate surface area is 138 Å². The predicted molar refractivity (Wildman–Crippen MR) is 89.7 cm³/mol. The summed E-state index contributed by atoms with van der Waals surface area (Å²) in [4.78, 5) is 16.5. The Morgan fingerprint density at radius 2 is 1.78 bits per heavy atom. The molecule has 128 valence electrons. The van der Waals surface area contributed by atoms with E-state index in [-0.39, 0.29) is 17.3 Å². The molecule has 0 saturated carbocycles. The number of carbonyl (C=O) groups is 1. The third kappa shape index (κ3) is 4.53. The van der Waals surface area contributed by atoms with E-state index in [0.717, 1.165) is 25.2 Å². The van der Waals surface area contributed by atoms with Crippen molar-refractivity contribution in [2.45, 2.75) is 25.2 Å². The van der Waals surface area contributed by atoms with Crippen LogP contribution in [0.25, 0.3) is 0 Å². The Morgan fingerprint density at radius 3 is 2.39 bits per heavy atom. The lowest BCUT2D eigenvalue weighted by molar-refractivity contribution is -0.131. The highest BCUT2D eigenvalue weighted by molar-refractivity contribution is 7.89. The number of piperazine rings is 1. The van der Waals surface area contributed by atoms with E-state index >= 15 is 0 Å². The first-order valence-electron chi connectivity index (χ1n) is 8.05. The molecule has 23 heavy (non-hydrogen) atoms. The number of likely N-dealkylation sites (N-methyl/N-ethyl adjacent to an activating group) is 1. The molecular formula is C16H25N3O3S. The van der Waals surface area contributed by atoms with Gasteiger partial charge in [-0.1, -0.05) is 32.0 Å². The molecule has 1 fully saturated rings. The number of hydrogen-bond acceptors (Lipinski definition) is 4. The molecule has 1 aromatic rings. The van der Waals surface area contributed by atoms with Crippen LogP contribution in [0.5, 0.6) is 0 Å². The van der Waals surface area contributed by atoms with Crippen molar-refractivity contribution >= 4 is 15.9 Å². The molecule has 1 amide bonds. The molecule has 1 aliphatic rings. The Hall–Kier alpha value is -1.44. The predicted octanol–water partition coefficient (Wildman–Crippen LogP) is 0.691. The molecule has 0 aliphatic carbocycles. The van der Waals surface area contributed by atoms with Gasteiger partial charge in [0.2, 0.25) is 15.9 Å². The fraction of sp³-hybridized carbons (Fsp3) is 0.562. The van der Waals surface area contributed by atoms with E-state index in [1.807, 2.05) is 13.0 Å². The van der Waals surface area contributed by atoms with Crippen molar-refractivity contribution in [1.82, 2.24) is 14.5 Å². The summed E-state index contributed by atoms with van der Waals surface area (Å²) in [6.07, 6.45) is 0.629. The van der Waals surface area contributed by atoms with E-state index in [1.54, 1.807) is 23.1 Å². The molecule has 0 radical (unpaired) electrons. The van der Waals surface area contributed by atoms with Gasteiger partial charge < -0.3 is 9.80 Å². The van der Waals surface area contributed by atoms with Crippen LogP contribution in [0.1, 0.15) is 19.4 Å². The van der Waals surface area contributed by atoms with Crippen LogP contribution in [0.15, 0.2) is 29.2 Å². The molecular weight excluding hydrogens is 314 g/mol. The first-order valence-corrected chi connectivity index (χ1v) is 9.54. The minimum Gasteiger partial charge on any atom is -0.339 e. The van der Waals surface area contributed by atoms with Crippen molar-refractivity contribution in [3.63, 3.8) is 0 Å². The van der Waals surface area contributed by atoms with Crippen LogP contribution < -0.4 is 4.72 Å². The Balaban J connectivity index is 1.95. The van der Waals surface area contributed by atoms with Gasteiger partial charge in [0, 0.05) is 26.2 Å². The van der Waals surface area contributed by atoms with Gasteiger partial charge >= 0.3 is 0 Å². The number of carbonyl (C=O) groups excluding carboxylic acids is 1. The molecule has 1 N–H and O–H groups in total. The first kappa shape index (κ1) is 17.9. The van der Waals surface area contributed by atoms with Gasteiger partial charge in [-0.25, -0.2) is 13.1 Å². The van der Waals surface area contributed by atoms with E-state index in [1.165, 1.54) is 0 Å². The normalized spacial score (nSPS) is 16.5. The summed E-state index contributed by atoms with van der Waals surface area (Å²) >= 11 is 0. The van der Waals surface area contributed by atoms with Gasteiger partial charge in [0.25, 0.3) is 0 Å². The molecule has 0 bridgehead atoms. The van der Waals surface area contributed by atoms with Crippen molar-refractivity contribution < 1.29 is 13.2 Å². The number of nitrogens with zero attached hydrogens (tertiary/aromatic N) is 2. The number of aryl methyl sites for hydroxylation is 1. The second-order valence-corrected chi connectivity index (χ2v) is 7.34. The quantitative estimate of drug-likeness (QED) is 0.828. The van der Waals surface area contributed by atoms with Crippen molar-refractivity contribution in [3.8, 4) is 0 Å². The lowest BCUT2D eigenvalue weighted by Gasteiger charge is -2.34. The van der Waals surface area contributed by atoms with Gasteiger partial charge in [-0.3, -0.25) is 4.79 Å². The summed E-state index contributed by atoms with van der Waals surface area (Å²) in [5, 5.41) is 0. The molecule has 0 unspecified atom stereocenters. The van der Waals surface area contributed by atoms with Crippen molar-refractivity contribution in [2.24, 2.45) is 0 Å². The van der Waals surface area contributed by atoms with E-state index < -0.39 is 10.0 Å². The Bertz CT molecular complexity index is 638. The first-order chi connectivity index (χ1) is 11.0. The van der Waals surface area contributed by atoms with Crippen LogP contribution in [0.4, 0.5) is 0 Å². The van der Waals surface area contributed by atoms with Gasteiger partial charge in [0.15, 0.2) is 0 Å². The highest BCUT2D eigenvalue weighted by Crippen LogP contribution is 2.15. The molecule has 0 atom stereocenters. The van der Waals surface area contributed by atoms with Crippen molar-refractivity contribution in [3.05, 3.63) is 29.8 Å². The summed E-state index contributed by atoms with van der Waals surface area (Å²) in [5.41, 5.74) is 0.754. The fourth-order valence-electron chi connectivity index (χ4n) is 2.72. The van der Waals surface area contributed by atoms with E-state index in [9.17, 15) is 13.2 Å². The maximum absolute atomic E-state index is 12.4. The number of amides is 1. The maximum atomic E-state index is 12.4. The molecule has 0 aromatic heterocycles. The van der Waals surface area contributed by atoms with Crippen LogP contribution in [0.3, 0.4) is 0 Å². The van der Waals surface area contributed by atoms with Gasteiger partial charge in [-0.05, 0) is 24.6 Å². The highest BCUT2D eigenvalue weighted by Gasteiger charge is 2.23. The summed E-state index contributed by atoms with van der Waals surface area (Å²) in [6.45, 7) is 7.78. The third-order valence-electron chi connectivity index (χ3n) is 4.23. The lowest BCUT2D eigenvalue weighted by atomic mass is 10.2. The zero-order valence-electron chi connectivity index (χ0n) is 13.8. The fourth-order valence-corrected chi connectivity index (χ4v) is 4.00. The monoisotopic (exact) mass is 339 g/mol. The number of hydrogen-bond donors (Lipinski definition) is 1. The molecule has 2 rings (SSSR count). The van der Waals surface area contributed by atoms with Gasteiger partial charge in [-0.15, -0.1) is 0 Å². The molecule has 1 heterocycles. The van der Waals surface area contributed by atoms with Crippen LogP contribution >= 0.6 is 0 Å². The second-order valence-electron chi connectivity index (χ2n) is 5.60. The minimum atomic E-state index is -3.66. The summed E-state index contributed by atoms with van der Waals surface area (Å²) < 4.78 is 27.3. The molecule has 1 aliphatic heterocycles. The van der Waals surface area contributed by atoms with Crippen molar-refractivity contribution in [1.29, 1.82) is 0 Å². The largest absolute Gasteiger partial charge is 0.339 e. The second kappa shape index (κ2) is 7.90. The highest BCUT2D eigenvalue weighted by atomic mass is 32.2. The number of sulfonamides is 1. The van der Waals surface area contributed by atoms with E-state index in [2.05, 4.69) is 16.5 Å².